The molecule has 21 heavy (non-hydrogen) atoms. The molecule has 0 unspecified atom stereocenters. The van der Waals surface area contributed by atoms with Gasteiger partial charge in [-0.25, -0.2) is 18.4 Å². The molecule has 0 fully saturated rings. The summed E-state index contributed by atoms with van der Waals surface area (Å²) in [5.74, 6) is 0.143. The maximum Gasteiger partial charge on any atom is 0.223 e. The summed E-state index contributed by atoms with van der Waals surface area (Å²) in [4.78, 5) is 16.3. The van der Waals surface area contributed by atoms with Gasteiger partial charge in [0, 0.05) is 11.2 Å². The molecular weight excluding hydrogens is 310 g/mol. The Morgan fingerprint density at radius 2 is 1.90 bits per heavy atom. The van der Waals surface area contributed by atoms with Gasteiger partial charge in [0.15, 0.2) is 15.5 Å². The van der Waals surface area contributed by atoms with E-state index in [1.54, 1.807) is 24.3 Å². The van der Waals surface area contributed by atoms with Gasteiger partial charge in [-0.15, -0.1) is 0 Å². The highest BCUT2D eigenvalue weighted by Gasteiger charge is 2.11. The number of sulfone groups is 1. The summed E-state index contributed by atoms with van der Waals surface area (Å²) in [6.45, 7) is 0. The molecule has 0 amide bonds. The summed E-state index contributed by atoms with van der Waals surface area (Å²) < 4.78 is 22.9. The molecule has 2 aromatic heterocycles. The molecule has 3 aromatic rings. The maximum absolute atomic E-state index is 11.4. The molecular formula is C12H11N5O2S2. The van der Waals surface area contributed by atoms with Crippen molar-refractivity contribution in [3.8, 4) is 0 Å². The zero-order valence-corrected chi connectivity index (χ0v) is 12.6. The van der Waals surface area contributed by atoms with Crippen LogP contribution in [0.3, 0.4) is 0 Å². The van der Waals surface area contributed by atoms with Crippen LogP contribution in [-0.4, -0.2) is 34.6 Å². The fourth-order valence-corrected chi connectivity index (χ4v) is 3.28. The van der Waals surface area contributed by atoms with Crippen LogP contribution < -0.4 is 5.73 Å². The van der Waals surface area contributed by atoms with Crippen molar-refractivity contribution >= 4 is 38.7 Å². The van der Waals surface area contributed by atoms with Gasteiger partial charge in [-0.2, -0.15) is 4.98 Å². The van der Waals surface area contributed by atoms with Gasteiger partial charge >= 0.3 is 0 Å². The predicted molar refractivity (Wildman–Crippen MR) is 79.8 cm³/mol. The number of aromatic amines is 1. The van der Waals surface area contributed by atoms with Crippen molar-refractivity contribution in [3.63, 3.8) is 0 Å². The first-order valence-corrected chi connectivity index (χ1v) is 8.59. The lowest BCUT2D eigenvalue weighted by molar-refractivity contribution is 0.602. The zero-order valence-electron chi connectivity index (χ0n) is 10.9. The molecule has 0 saturated heterocycles. The van der Waals surface area contributed by atoms with E-state index in [1.165, 1.54) is 24.3 Å². The monoisotopic (exact) mass is 321 g/mol. The third-order valence-corrected chi connectivity index (χ3v) is 4.86. The average Bonchev–Trinajstić information content (AvgIpc) is 2.86. The van der Waals surface area contributed by atoms with Crippen molar-refractivity contribution in [3.05, 3.63) is 30.6 Å². The number of H-pyrrole nitrogens is 1. The van der Waals surface area contributed by atoms with Crippen LogP contribution in [0.1, 0.15) is 0 Å². The Labute approximate surface area is 124 Å². The van der Waals surface area contributed by atoms with Crippen molar-refractivity contribution in [2.75, 3.05) is 12.0 Å². The zero-order chi connectivity index (χ0) is 15.0. The van der Waals surface area contributed by atoms with Crippen LogP contribution in [0.25, 0.3) is 11.2 Å². The van der Waals surface area contributed by atoms with Gasteiger partial charge in [-0.05, 0) is 24.3 Å². The molecule has 3 rings (SSSR count). The van der Waals surface area contributed by atoms with Crippen molar-refractivity contribution in [1.29, 1.82) is 0 Å². The van der Waals surface area contributed by atoms with E-state index in [4.69, 9.17) is 5.73 Å². The van der Waals surface area contributed by atoms with Gasteiger partial charge in [-0.1, -0.05) is 11.8 Å². The number of fused-ring (bicyclic) bond motifs is 1. The van der Waals surface area contributed by atoms with E-state index in [2.05, 4.69) is 19.9 Å². The van der Waals surface area contributed by atoms with E-state index in [-0.39, 0.29) is 10.8 Å². The Balaban J connectivity index is 1.97. The molecule has 0 bridgehead atoms. The third kappa shape index (κ3) is 2.83. The number of anilines is 1. The van der Waals surface area contributed by atoms with Gasteiger partial charge in [0.1, 0.15) is 10.5 Å². The predicted octanol–water partition coefficient (Wildman–Crippen LogP) is 1.49. The number of benzene rings is 1. The highest BCUT2D eigenvalue weighted by Crippen LogP contribution is 2.31. The normalized spacial score (nSPS) is 11.9. The van der Waals surface area contributed by atoms with Gasteiger partial charge in [0.05, 0.1) is 11.2 Å². The Kier molecular flexibility index (Phi) is 3.30. The van der Waals surface area contributed by atoms with Crippen LogP contribution >= 0.6 is 11.8 Å². The van der Waals surface area contributed by atoms with Crippen molar-refractivity contribution in [1.82, 2.24) is 19.9 Å². The van der Waals surface area contributed by atoms with E-state index >= 15 is 0 Å². The molecule has 0 aliphatic rings. The molecule has 0 aliphatic heterocycles. The highest BCUT2D eigenvalue weighted by atomic mass is 32.2. The lowest BCUT2D eigenvalue weighted by Gasteiger charge is -2.04. The molecule has 0 spiro atoms. The third-order valence-electron chi connectivity index (χ3n) is 2.74. The number of nitrogens with two attached hydrogens (primary N) is 1. The maximum atomic E-state index is 11.4. The van der Waals surface area contributed by atoms with Gasteiger partial charge in [-0.3, -0.25) is 0 Å². The Morgan fingerprint density at radius 1 is 1.19 bits per heavy atom. The van der Waals surface area contributed by atoms with Crippen LogP contribution in [0.15, 0.2) is 45.4 Å². The first-order valence-electron chi connectivity index (χ1n) is 5.88. The topological polar surface area (TPSA) is 115 Å². The lowest BCUT2D eigenvalue weighted by Crippen LogP contribution is -1.97. The van der Waals surface area contributed by atoms with Crippen LogP contribution in [0.2, 0.25) is 0 Å². The fourth-order valence-electron chi connectivity index (χ4n) is 1.76. The summed E-state index contributed by atoms with van der Waals surface area (Å²) in [5.41, 5.74) is 6.84. The number of aromatic nitrogens is 4. The van der Waals surface area contributed by atoms with E-state index in [0.717, 1.165) is 4.90 Å². The standard InChI is InChI=1S/C12H11N5O2S2/c1-21(18,19)8-4-2-7(3-5-8)20-11-9-10(15-6-14-9)16-12(13)17-11/h2-6H,1H3,(H3,13,14,15,16,17). The van der Waals surface area contributed by atoms with Crippen molar-refractivity contribution in [2.45, 2.75) is 14.8 Å². The smallest absolute Gasteiger partial charge is 0.223 e. The molecule has 2 heterocycles. The Bertz CT molecular complexity index is 903. The summed E-state index contributed by atoms with van der Waals surface area (Å²) in [6.07, 6.45) is 2.70. The van der Waals surface area contributed by atoms with Gasteiger partial charge < -0.3 is 10.7 Å². The Morgan fingerprint density at radius 3 is 2.57 bits per heavy atom. The molecule has 0 saturated carbocycles. The first-order chi connectivity index (χ1) is 9.93. The molecule has 0 aliphatic carbocycles. The molecule has 1 aromatic carbocycles. The quantitative estimate of drug-likeness (QED) is 0.702. The van der Waals surface area contributed by atoms with Gasteiger partial charge in [0.2, 0.25) is 5.95 Å². The minimum atomic E-state index is -3.20. The summed E-state index contributed by atoms with van der Waals surface area (Å²) in [5, 5.41) is 0.641. The average molecular weight is 321 g/mol. The number of nitrogens with one attached hydrogen (secondary N) is 1. The van der Waals surface area contributed by atoms with E-state index in [9.17, 15) is 8.42 Å². The van der Waals surface area contributed by atoms with Crippen LogP contribution in [0.4, 0.5) is 5.95 Å². The second-order valence-electron chi connectivity index (χ2n) is 4.33. The molecule has 7 nitrogen and oxygen atoms in total. The number of imidazole rings is 1. The van der Waals surface area contributed by atoms with Crippen molar-refractivity contribution < 1.29 is 8.42 Å². The molecule has 0 atom stereocenters. The van der Waals surface area contributed by atoms with E-state index in [0.29, 0.717) is 16.2 Å². The molecule has 9 heteroatoms. The first kappa shape index (κ1) is 13.8. The van der Waals surface area contributed by atoms with E-state index in [1.807, 2.05) is 0 Å². The summed E-state index contributed by atoms with van der Waals surface area (Å²) in [7, 11) is -3.20. The minimum Gasteiger partial charge on any atom is -0.368 e. The number of hydrogen-bond acceptors (Lipinski definition) is 7. The number of hydrogen-bond donors (Lipinski definition) is 2. The summed E-state index contributed by atoms with van der Waals surface area (Å²) >= 11 is 1.36. The fraction of sp³-hybridized carbons (Fsp3) is 0.0833. The summed E-state index contributed by atoms with van der Waals surface area (Å²) in [6, 6.07) is 6.57. The second-order valence-corrected chi connectivity index (χ2v) is 7.41. The molecule has 0 radical (unpaired) electrons. The highest BCUT2D eigenvalue weighted by molar-refractivity contribution is 7.99. The number of nitrogens with zero attached hydrogens (tertiary/aromatic N) is 3. The Hall–Kier alpha value is -2.13. The van der Waals surface area contributed by atoms with Crippen LogP contribution in [0, 0.1) is 0 Å². The number of rotatable bonds is 3. The molecule has 3 N–H and O–H groups in total. The van der Waals surface area contributed by atoms with E-state index < -0.39 is 9.84 Å². The largest absolute Gasteiger partial charge is 0.368 e. The number of nitrogen functional groups attached to an aromatic ring is 1. The SMILES string of the molecule is CS(=O)(=O)c1ccc(Sc2nc(N)nc3nc[nH]c23)cc1. The molecule has 108 valence electrons. The van der Waals surface area contributed by atoms with Gasteiger partial charge in [0.25, 0.3) is 0 Å². The lowest BCUT2D eigenvalue weighted by atomic mass is 10.4. The minimum absolute atomic E-state index is 0.143. The van der Waals surface area contributed by atoms with Crippen LogP contribution in [-0.2, 0) is 9.84 Å². The van der Waals surface area contributed by atoms with Crippen LogP contribution in [0.5, 0.6) is 0 Å². The van der Waals surface area contributed by atoms with Crippen molar-refractivity contribution in [2.24, 2.45) is 0 Å². The second kappa shape index (κ2) is 5.01.